The van der Waals surface area contributed by atoms with Gasteiger partial charge in [-0.05, 0) is 207 Å². The van der Waals surface area contributed by atoms with Crippen LogP contribution < -0.4 is 99.8 Å². The van der Waals surface area contributed by atoms with Gasteiger partial charge in [0.25, 0.3) is 26.9 Å². The Morgan fingerprint density at radius 1 is 0.233 bits per heavy atom. The van der Waals surface area contributed by atoms with E-state index < -0.39 is 0 Å². The number of para-hydroxylation sites is 10. The van der Waals surface area contributed by atoms with Gasteiger partial charge in [-0.2, -0.15) is 0 Å². The molecule has 10 heterocycles. The van der Waals surface area contributed by atoms with Gasteiger partial charge in [-0.1, -0.05) is 253 Å². The molecule has 0 N–H and O–H groups in total. The van der Waals surface area contributed by atoms with Gasteiger partial charge in [-0.3, -0.25) is 9.88 Å². The quantitative estimate of drug-likeness (QED) is 0.129. The lowest BCUT2D eigenvalue weighted by Crippen LogP contribution is -2.65. The van der Waals surface area contributed by atoms with Crippen molar-refractivity contribution in [2.24, 2.45) is 0 Å². The van der Waals surface area contributed by atoms with Gasteiger partial charge in [-0.15, -0.1) is 0 Å². The zero-order valence-electron chi connectivity index (χ0n) is 62.4. The van der Waals surface area contributed by atoms with E-state index in [9.17, 15) is 0 Å². The first-order valence-corrected chi connectivity index (χ1v) is 41.8. The maximum atomic E-state index is 6.88. The Kier molecular flexibility index (Phi) is 15.7. The maximum Gasteiger partial charge on any atom is 0.277 e. The molecule has 17 aromatic rings. The summed E-state index contributed by atoms with van der Waals surface area (Å²) in [6.07, 6.45) is 0. The van der Waals surface area contributed by atoms with E-state index in [0.717, 1.165) is 128 Å². The third-order valence-corrected chi connectivity index (χ3v) is 27.1. The molecule has 0 radical (unpaired) electrons. The molecule has 0 spiro atoms. The molecule has 8 aliphatic rings. The molecule has 25 rings (SSSR count). The Morgan fingerprint density at radius 3 is 1.22 bits per heavy atom. The Bertz CT molecular complexity index is 6550. The molecule has 116 heavy (non-hydrogen) atoms. The lowest BCUT2D eigenvalue weighted by atomic mass is 9.33. The minimum atomic E-state index is -0.0972. The summed E-state index contributed by atoms with van der Waals surface area (Å²) in [4.78, 5) is 29.8. The van der Waals surface area contributed by atoms with Crippen molar-refractivity contribution in [2.75, 3.05) is 24.5 Å². The number of hydrogen-bond donors (Lipinski definition) is 0. The number of fused-ring (bicyclic) bond motifs is 16. The van der Waals surface area contributed by atoms with E-state index in [0.29, 0.717) is 0 Å². The molecule has 9 nitrogen and oxygen atoms in total. The molecule has 0 saturated carbocycles. The van der Waals surface area contributed by atoms with Gasteiger partial charge < -0.3 is 29.1 Å². The van der Waals surface area contributed by atoms with Crippen LogP contribution in [0.4, 0.5) is 85.4 Å². The van der Waals surface area contributed by atoms with E-state index in [1.807, 2.05) is 11.8 Å². The second kappa shape index (κ2) is 27.1. The summed E-state index contributed by atoms with van der Waals surface area (Å²) in [5, 5.41) is 1.03. The summed E-state index contributed by atoms with van der Waals surface area (Å²) in [6, 6.07) is 137. The van der Waals surface area contributed by atoms with Gasteiger partial charge in [0.2, 0.25) is 0 Å². The Balaban J connectivity index is 0.000000134. The van der Waals surface area contributed by atoms with Crippen LogP contribution in [0.3, 0.4) is 0 Å². The van der Waals surface area contributed by atoms with Gasteiger partial charge in [0.1, 0.15) is 28.8 Å². The lowest BCUT2D eigenvalue weighted by molar-refractivity contribution is 0.486. The van der Waals surface area contributed by atoms with Crippen LogP contribution in [0, 0.1) is 0 Å². The van der Waals surface area contributed by atoms with Gasteiger partial charge in [0, 0.05) is 110 Å². The van der Waals surface area contributed by atoms with Crippen LogP contribution >= 0.6 is 35.3 Å². The monoisotopic (exact) mass is 1530 g/mol. The van der Waals surface area contributed by atoms with E-state index in [2.05, 4.69) is 407 Å². The molecule has 16 heteroatoms. The molecule has 0 bridgehead atoms. The molecule has 0 fully saturated rings. The Hall–Kier alpha value is -13.5. The fraction of sp³-hybridized carbons (Fsp3) is 0. The van der Waals surface area contributed by atoms with Gasteiger partial charge in [0.05, 0.1) is 22.1 Å². The van der Waals surface area contributed by atoms with Crippen LogP contribution in [0.25, 0.3) is 0 Å². The zero-order chi connectivity index (χ0) is 76.1. The van der Waals surface area contributed by atoms with Gasteiger partial charge in [0.15, 0.2) is 0 Å². The molecule has 540 valence electrons. The van der Waals surface area contributed by atoms with Crippen LogP contribution in [-0.4, -0.2) is 36.8 Å². The summed E-state index contributed by atoms with van der Waals surface area (Å²) < 4.78 is 13.8. The fourth-order valence-electron chi connectivity index (χ4n) is 19.0. The van der Waals surface area contributed by atoms with Crippen LogP contribution in [0.15, 0.2) is 412 Å². The lowest BCUT2D eigenvalue weighted by Gasteiger charge is -2.45. The zero-order valence-corrected chi connectivity index (χ0v) is 64.8. The summed E-state index contributed by atoms with van der Waals surface area (Å²) in [7, 11) is 0. The van der Waals surface area contributed by atoms with Crippen molar-refractivity contribution in [3.63, 3.8) is 0 Å². The van der Waals surface area contributed by atoms with Crippen LogP contribution in [0.1, 0.15) is 0 Å². The smallest absolute Gasteiger partial charge is 0.277 e. The molecule has 0 atom stereocenters. The predicted molar refractivity (Wildman–Crippen MR) is 485 cm³/mol. The number of rotatable bonds is 9. The normalized spacial score (nSPS) is 13.6. The highest BCUT2D eigenvalue weighted by Crippen LogP contribution is 2.50. The highest BCUT2D eigenvalue weighted by atomic mass is 32.2. The summed E-state index contributed by atoms with van der Waals surface area (Å²) in [6.45, 7) is -0.182. The van der Waals surface area contributed by atoms with Gasteiger partial charge in [-0.25, -0.2) is 4.98 Å². The average molecular weight is 1530 g/mol. The standard InChI is InChI=1S/C53H33B2N3O2S2.C47H30B2N4S/c1-5-17-34(18-6-1)57(35-19-7-2-8-20-35)38-30-46-51-47(31-38)61-49-33-42-53(56-52(49)55(51)41-26-14-16-28-44(41)60-46)62-48-32-39(29-45-50(48)54(42)40-25-13-15-27-43(40)59-45)58(36-21-9-3-10-22-36)37-23-11-4-12-24-37;1-4-16-31(17-5-1)51-37-24-12-10-22-34(37)48-36-30-41-46(50-47(36)53(33-20-8-3-9-21-33)39-26-14-25-38(51)44(39)48)49-35-23-11-13-28-42(35)54-43-29-15-27-40(45(43)49)52(41)32-18-6-2-7-19-32/h1-33H;1-30H. The summed E-state index contributed by atoms with van der Waals surface area (Å²) in [5.41, 5.74) is 30.1. The third kappa shape index (κ3) is 10.6. The minimum absolute atomic E-state index is 0.00789. The third-order valence-electron chi connectivity index (χ3n) is 23.7. The first-order chi connectivity index (χ1) is 57.6. The van der Waals surface area contributed by atoms with Crippen molar-refractivity contribution in [1.82, 2.24) is 9.97 Å². The number of benzene rings is 15. The molecule has 8 aliphatic heterocycles. The van der Waals surface area contributed by atoms with Crippen molar-refractivity contribution in [1.29, 1.82) is 0 Å². The molecular formula is C100H63B4N7O2S3. The summed E-state index contributed by atoms with van der Waals surface area (Å²) >= 11 is 5.43. The topological polar surface area (TPSA) is 60.4 Å². The molecule has 0 saturated heterocycles. The molecule has 0 aliphatic carbocycles. The predicted octanol–water partition coefficient (Wildman–Crippen LogP) is 18.1. The van der Waals surface area contributed by atoms with Crippen molar-refractivity contribution in [3.05, 3.63) is 382 Å². The average Bonchev–Trinajstić information content (AvgIpc) is 0.710. The van der Waals surface area contributed by atoms with E-state index in [-0.39, 0.29) is 26.9 Å². The number of hydrogen-bond acceptors (Lipinski definition) is 12. The number of pyridine rings is 2. The number of ether oxygens (including phenoxy) is 2. The second-order valence-corrected chi connectivity index (χ2v) is 33.3. The first-order valence-electron chi connectivity index (χ1n) is 39.4. The largest absolute Gasteiger partial charge is 0.458 e. The number of nitrogens with zero attached hydrogens (tertiary/aromatic N) is 7. The van der Waals surface area contributed by atoms with E-state index >= 15 is 0 Å². The van der Waals surface area contributed by atoms with E-state index in [4.69, 9.17) is 19.4 Å². The SMILES string of the molecule is c1ccc(N(c2ccccc2)c2cc3c4c(c2)Sc2nc5c(cc2B4c2ccccc2O3)Sc2cc(N(c3ccccc3)c3ccccc3)cc3c2B5c2ccccc2O3)cc1.c1ccc(N2c3cc4c(nc3B3c5ccccc5Sc5cccc2c53)N(c2ccccc2)c2cccc3c2B4c2ccccc2N3c2ccccc2)cc1. The van der Waals surface area contributed by atoms with Crippen molar-refractivity contribution >= 4 is 213 Å². The van der Waals surface area contributed by atoms with Crippen LogP contribution in [0.5, 0.6) is 23.0 Å². The number of aromatic nitrogens is 2. The molecule has 15 aromatic carbocycles. The first kappa shape index (κ1) is 67.1. The summed E-state index contributed by atoms with van der Waals surface area (Å²) in [5.74, 6) is 4.47. The molecule has 0 unspecified atom stereocenters. The molecule has 2 aromatic heterocycles. The highest BCUT2D eigenvalue weighted by molar-refractivity contribution is 8.00. The van der Waals surface area contributed by atoms with Crippen molar-refractivity contribution in [2.45, 2.75) is 29.5 Å². The molecular weight excluding hydrogens is 1470 g/mol. The Labute approximate surface area is 686 Å². The second-order valence-electron chi connectivity index (χ2n) is 30.1. The van der Waals surface area contributed by atoms with Crippen molar-refractivity contribution in [3.8, 4) is 23.0 Å². The van der Waals surface area contributed by atoms with Gasteiger partial charge >= 0.3 is 0 Å². The van der Waals surface area contributed by atoms with Crippen molar-refractivity contribution < 1.29 is 9.47 Å². The van der Waals surface area contributed by atoms with Crippen LogP contribution in [-0.2, 0) is 0 Å². The van der Waals surface area contributed by atoms with E-state index in [1.54, 1.807) is 23.5 Å². The fourth-order valence-corrected chi connectivity index (χ4v) is 22.5. The maximum absolute atomic E-state index is 6.88. The molecule has 0 amide bonds. The van der Waals surface area contributed by atoms with Crippen LogP contribution in [0.2, 0.25) is 0 Å². The van der Waals surface area contributed by atoms with E-state index in [1.165, 1.54) is 75.5 Å². The minimum Gasteiger partial charge on any atom is -0.458 e. The Morgan fingerprint density at radius 2 is 0.638 bits per heavy atom. The number of anilines is 15. The highest BCUT2D eigenvalue weighted by Gasteiger charge is 2.50.